The first-order valence-electron chi connectivity index (χ1n) is 4.96. The van der Waals surface area contributed by atoms with Crippen LogP contribution in [0.15, 0.2) is 23.1 Å². The molecule has 5 nitrogen and oxygen atoms in total. The summed E-state index contributed by atoms with van der Waals surface area (Å²) in [7, 11) is 1.78. The highest BCUT2D eigenvalue weighted by Gasteiger charge is 2.10. The number of aromatic amines is 1. The second-order valence-electron chi connectivity index (χ2n) is 3.42. The molecule has 0 unspecified atom stereocenters. The molecule has 16 heavy (non-hydrogen) atoms. The molecule has 0 aliphatic rings. The van der Waals surface area contributed by atoms with Gasteiger partial charge in [0.1, 0.15) is 0 Å². The maximum absolute atomic E-state index is 12.0. The maximum atomic E-state index is 12.0. The average molecular weight is 236 g/mol. The Bertz CT molecular complexity index is 622. The van der Waals surface area contributed by atoms with Crippen molar-refractivity contribution in [2.75, 3.05) is 0 Å². The lowest BCUT2D eigenvalue weighted by Crippen LogP contribution is -2.20. The molecule has 0 atom stereocenters. The zero-order chi connectivity index (χ0) is 11.7. The Labute approximate surface area is 97.4 Å². The smallest absolute Gasteiger partial charge is 0.261 e. The van der Waals surface area contributed by atoms with Crippen LogP contribution in [0.25, 0.3) is 11.4 Å². The summed E-state index contributed by atoms with van der Waals surface area (Å²) in [6.45, 7) is 2.57. The van der Waals surface area contributed by atoms with Crippen LogP contribution in [-0.4, -0.2) is 19.3 Å². The van der Waals surface area contributed by atoms with Crippen LogP contribution < -0.4 is 5.56 Å². The molecule has 0 spiro atoms. The van der Waals surface area contributed by atoms with Crippen LogP contribution in [0.4, 0.5) is 0 Å². The van der Waals surface area contributed by atoms with Crippen LogP contribution in [-0.2, 0) is 13.6 Å². The number of aromatic nitrogens is 4. The highest BCUT2D eigenvalue weighted by molar-refractivity contribution is 7.71. The standard InChI is InChI=1S/C10H12N4OS/c1-3-14-6-4-5-7(9(14)15)8-11-12-10(16)13(8)2/h4-6H,3H2,1-2H3,(H,12,16). The molecule has 0 amide bonds. The van der Waals surface area contributed by atoms with Crippen LogP contribution in [0.1, 0.15) is 6.92 Å². The fourth-order valence-electron chi connectivity index (χ4n) is 1.54. The molecule has 6 heteroatoms. The Morgan fingerprint density at radius 2 is 2.31 bits per heavy atom. The van der Waals surface area contributed by atoms with Gasteiger partial charge in [-0.15, -0.1) is 0 Å². The summed E-state index contributed by atoms with van der Waals surface area (Å²) in [4.78, 5) is 12.0. The van der Waals surface area contributed by atoms with E-state index in [1.165, 1.54) is 0 Å². The molecule has 0 fully saturated rings. The van der Waals surface area contributed by atoms with Crippen molar-refractivity contribution in [2.24, 2.45) is 7.05 Å². The monoisotopic (exact) mass is 236 g/mol. The summed E-state index contributed by atoms with van der Waals surface area (Å²) < 4.78 is 3.82. The Kier molecular flexibility index (Phi) is 2.74. The van der Waals surface area contributed by atoms with Crippen LogP contribution >= 0.6 is 12.2 Å². The Hall–Kier alpha value is -1.69. The van der Waals surface area contributed by atoms with Gasteiger partial charge in [0.2, 0.25) is 0 Å². The quantitative estimate of drug-likeness (QED) is 0.800. The number of pyridine rings is 1. The van der Waals surface area contributed by atoms with Gasteiger partial charge in [-0.1, -0.05) is 0 Å². The van der Waals surface area contributed by atoms with Crippen molar-refractivity contribution in [1.82, 2.24) is 19.3 Å². The summed E-state index contributed by atoms with van der Waals surface area (Å²) in [6.07, 6.45) is 1.76. The summed E-state index contributed by atoms with van der Waals surface area (Å²) in [5.41, 5.74) is 0.501. The number of hydrogen-bond donors (Lipinski definition) is 1. The molecule has 0 aliphatic carbocycles. The third kappa shape index (κ3) is 1.61. The van der Waals surface area contributed by atoms with Gasteiger partial charge in [0, 0.05) is 19.8 Å². The van der Waals surface area contributed by atoms with Gasteiger partial charge < -0.3 is 9.13 Å². The van der Waals surface area contributed by atoms with E-state index in [0.29, 0.717) is 22.7 Å². The van der Waals surface area contributed by atoms with Crippen molar-refractivity contribution >= 4 is 12.2 Å². The number of hydrogen-bond acceptors (Lipinski definition) is 3. The third-order valence-corrected chi connectivity index (χ3v) is 2.85. The van der Waals surface area contributed by atoms with Crippen molar-refractivity contribution in [2.45, 2.75) is 13.5 Å². The van der Waals surface area contributed by atoms with E-state index in [-0.39, 0.29) is 5.56 Å². The van der Waals surface area contributed by atoms with Gasteiger partial charge in [-0.3, -0.25) is 9.89 Å². The topological polar surface area (TPSA) is 55.6 Å². The van der Waals surface area contributed by atoms with E-state index in [0.717, 1.165) is 0 Å². The van der Waals surface area contributed by atoms with Crippen molar-refractivity contribution in [3.8, 4) is 11.4 Å². The van der Waals surface area contributed by atoms with Crippen LogP contribution in [0.5, 0.6) is 0 Å². The summed E-state index contributed by atoms with van der Waals surface area (Å²) in [5, 5.41) is 6.72. The van der Waals surface area contributed by atoms with Gasteiger partial charge in [0.05, 0.1) is 5.56 Å². The van der Waals surface area contributed by atoms with Crippen molar-refractivity contribution in [3.63, 3.8) is 0 Å². The molecular formula is C10H12N4OS. The lowest BCUT2D eigenvalue weighted by atomic mass is 10.2. The van der Waals surface area contributed by atoms with E-state index < -0.39 is 0 Å². The molecule has 0 aromatic carbocycles. The van der Waals surface area contributed by atoms with E-state index in [4.69, 9.17) is 12.2 Å². The largest absolute Gasteiger partial charge is 0.315 e. The number of nitrogens with one attached hydrogen (secondary N) is 1. The Balaban J connectivity index is 2.70. The zero-order valence-electron chi connectivity index (χ0n) is 9.10. The van der Waals surface area contributed by atoms with Crippen molar-refractivity contribution in [3.05, 3.63) is 33.5 Å². The van der Waals surface area contributed by atoms with Crippen LogP contribution in [0.2, 0.25) is 0 Å². The second-order valence-corrected chi connectivity index (χ2v) is 3.81. The second kappa shape index (κ2) is 4.05. The highest BCUT2D eigenvalue weighted by Crippen LogP contribution is 2.10. The minimum Gasteiger partial charge on any atom is -0.315 e. The lowest BCUT2D eigenvalue weighted by molar-refractivity contribution is 0.726. The van der Waals surface area contributed by atoms with Gasteiger partial charge in [-0.2, -0.15) is 5.10 Å². The van der Waals surface area contributed by atoms with Gasteiger partial charge in [0.25, 0.3) is 5.56 Å². The van der Waals surface area contributed by atoms with E-state index in [1.807, 2.05) is 13.0 Å². The fourth-order valence-corrected chi connectivity index (χ4v) is 1.68. The molecule has 2 heterocycles. The van der Waals surface area contributed by atoms with E-state index in [2.05, 4.69) is 10.2 Å². The Morgan fingerprint density at radius 3 is 2.88 bits per heavy atom. The molecular weight excluding hydrogens is 224 g/mol. The number of nitrogens with zero attached hydrogens (tertiary/aromatic N) is 3. The summed E-state index contributed by atoms with van der Waals surface area (Å²) in [6, 6.07) is 3.58. The summed E-state index contributed by atoms with van der Waals surface area (Å²) >= 11 is 5.01. The molecule has 0 aliphatic heterocycles. The molecule has 84 valence electrons. The van der Waals surface area contributed by atoms with Crippen LogP contribution in [0, 0.1) is 4.77 Å². The van der Waals surface area contributed by atoms with E-state index in [9.17, 15) is 4.79 Å². The normalized spacial score (nSPS) is 10.6. The fraction of sp³-hybridized carbons (Fsp3) is 0.300. The van der Waals surface area contributed by atoms with Gasteiger partial charge in [-0.25, -0.2) is 0 Å². The number of H-pyrrole nitrogens is 1. The minimum absolute atomic E-state index is 0.0536. The number of aryl methyl sites for hydroxylation is 1. The average Bonchev–Trinajstić information content (AvgIpc) is 2.61. The predicted octanol–water partition coefficient (Wildman–Crippen LogP) is 1.33. The molecule has 0 saturated carbocycles. The third-order valence-electron chi connectivity index (χ3n) is 2.48. The van der Waals surface area contributed by atoms with Gasteiger partial charge in [0.15, 0.2) is 10.6 Å². The van der Waals surface area contributed by atoms with Crippen molar-refractivity contribution < 1.29 is 0 Å². The molecule has 1 N–H and O–H groups in total. The molecule has 0 radical (unpaired) electrons. The first-order valence-corrected chi connectivity index (χ1v) is 5.37. The molecule has 0 saturated heterocycles. The maximum Gasteiger partial charge on any atom is 0.261 e. The summed E-state index contributed by atoms with van der Waals surface area (Å²) in [5.74, 6) is 0.567. The van der Waals surface area contributed by atoms with Crippen molar-refractivity contribution in [1.29, 1.82) is 0 Å². The molecule has 0 bridgehead atoms. The number of rotatable bonds is 2. The lowest BCUT2D eigenvalue weighted by Gasteiger charge is -2.04. The first kappa shape index (κ1) is 10.8. The molecule has 2 aromatic heterocycles. The Morgan fingerprint density at radius 1 is 1.56 bits per heavy atom. The SMILES string of the molecule is CCn1cccc(-c2n[nH]c(=S)n2C)c1=O. The predicted molar refractivity (Wildman–Crippen MR) is 63.8 cm³/mol. The minimum atomic E-state index is -0.0536. The van der Waals surface area contributed by atoms with E-state index in [1.54, 1.807) is 28.4 Å². The highest BCUT2D eigenvalue weighted by atomic mass is 32.1. The van der Waals surface area contributed by atoms with Gasteiger partial charge >= 0.3 is 0 Å². The van der Waals surface area contributed by atoms with E-state index >= 15 is 0 Å². The first-order chi connectivity index (χ1) is 7.65. The van der Waals surface area contributed by atoms with Gasteiger partial charge in [-0.05, 0) is 31.3 Å². The zero-order valence-corrected chi connectivity index (χ0v) is 9.91. The molecule has 2 rings (SSSR count). The molecule has 2 aromatic rings. The van der Waals surface area contributed by atoms with Crippen LogP contribution in [0.3, 0.4) is 0 Å².